The Balaban J connectivity index is 1.66. The van der Waals surface area contributed by atoms with E-state index in [1.807, 2.05) is 58.3 Å². The summed E-state index contributed by atoms with van der Waals surface area (Å²) in [5, 5.41) is 13.4. The van der Waals surface area contributed by atoms with E-state index in [9.17, 15) is 0 Å². The first-order chi connectivity index (χ1) is 12.3. The number of nitrogens with one attached hydrogen (secondary N) is 1. The highest BCUT2D eigenvalue weighted by molar-refractivity contribution is 9.10. The van der Waals surface area contributed by atoms with Gasteiger partial charge in [-0.1, -0.05) is 30.3 Å². The van der Waals surface area contributed by atoms with Crippen molar-refractivity contribution in [2.45, 2.75) is 0 Å². The molecule has 0 spiro atoms. The molecular formula is C17H12BrN5O2. The third-order valence-corrected chi connectivity index (χ3v) is 4.67. The smallest absolute Gasteiger partial charge is 0.248 e. The van der Waals surface area contributed by atoms with Crippen molar-refractivity contribution in [3.8, 4) is 11.5 Å². The zero-order valence-electron chi connectivity index (χ0n) is 12.9. The van der Waals surface area contributed by atoms with Gasteiger partial charge >= 0.3 is 0 Å². The maximum atomic E-state index is 5.52. The molecule has 0 fully saturated rings. The van der Waals surface area contributed by atoms with Crippen LogP contribution in [0.5, 0.6) is 11.5 Å². The van der Waals surface area contributed by atoms with Crippen LogP contribution < -0.4 is 19.8 Å². The van der Waals surface area contributed by atoms with E-state index in [1.165, 1.54) is 0 Å². The molecule has 1 N–H and O–H groups in total. The lowest BCUT2D eigenvalue weighted by atomic mass is 10.1. The van der Waals surface area contributed by atoms with Crippen LogP contribution in [0.15, 0.2) is 59.5 Å². The molecule has 2 aliphatic rings. The highest BCUT2D eigenvalue weighted by Gasteiger charge is 2.25. The van der Waals surface area contributed by atoms with Crippen LogP contribution in [-0.2, 0) is 0 Å². The normalized spacial score (nSPS) is 14.8. The van der Waals surface area contributed by atoms with Crippen LogP contribution in [0.25, 0.3) is 5.70 Å². The predicted molar refractivity (Wildman–Crippen MR) is 96.2 cm³/mol. The van der Waals surface area contributed by atoms with Gasteiger partial charge in [0.2, 0.25) is 12.7 Å². The third-order valence-electron chi connectivity index (χ3n) is 4.03. The molecule has 124 valence electrons. The molecule has 0 saturated heterocycles. The number of ether oxygens (including phenoxy) is 2. The molecule has 0 saturated carbocycles. The Bertz CT molecular complexity index is 986. The van der Waals surface area contributed by atoms with Gasteiger partial charge in [0.1, 0.15) is 6.33 Å². The van der Waals surface area contributed by atoms with Crippen LogP contribution >= 0.6 is 15.9 Å². The van der Waals surface area contributed by atoms with Gasteiger partial charge < -0.3 is 14.8 Å². The van der Waals surface area contributed by atoms with E-state index in [0.29, 0.717) is 11.7 Å². The Morgan fingerprint density at radius 2 is 1.88 bits per heavy atom. The quantitative estimate of drug-likeness (QED) is 0.714. The zero-order valence-corrected chi connectivity index (χ0v) is 14.5. The molecule has 0 radical (unpaired) electrons. The highest BCUT2D eigenvalue weighted by atomic mass is 79.9. The zero-order chi connectivity index (χ0) is 16.8. The highest BCUT2D eigenvalue weighted by Crippen LogP contribution is 2.42. The first-order valence-electron chi connectivity index (χ1n) is 7.62. The average molecular weight is 398 g/mol. The molecule has 5 rings (SSSR count). The molecule has 0 aliphatic carbocycles. The molecule has 3 heterocycles. The van der Waals surface area contributed by atoms with Crippen LogP contribution in [0.4, 0.5) is 11.6 Å². The molecule has 0 atom stereocenters. The molecule has 2 aliphatic heterocycles. The van der Waals surface area contributed by atoms with Gasteiger partial charge in [-0.3, -0.25) is 0 Å². The van der Waals surface area contributed by atoms with E-state index < -0.39 is 0 Å². The fourth-order valence-electron chi connectivity index (χ4n) is 2.84. The Morgan fingerprint density at radius 3 is 2.72 bits per heavy atom. The number of hydrogen-bond donors (Lipinski definition) is 1. The van der Waals surface area contributed by atoms with Crippen molar-refractivity contribution in [2.24, 2.45) is 0 Å². The average Bonchev–Trinajstić information content (AvgIpc) is 3.29. The second-order valence-corrected chi connectivity index (χ2v) is 6.39. The second-order valence-electron chi connectivity index (χ2n) is 5.53. The minimum atomic E-state index is 0.232. The first-order valence-corrected chi connectivity index (χ1v) is 8.42. The Labute approximate surface area is 151 Å². The number of fused-ring (bicyclic) bond motifs is 2. The van der Waals surface area contributed by atoms with Gasteiger partial charge in [0.05, 0.1) is 17.6 Å². The van der Waals surface area contributed by atoms with E-state index in [0.717, 1.165) is 27.2 Å². The number of aromatic nitrogens is 3. The Morgan fingerprint density at radius 1 is 1.08 bits per heavy atom. The molecule has 1 aromatic heterocycles. The summed E-state index contributed by atoms with van der Waals surface area (Å²) in [6.07, 6.45) is 3.64. The fraction of sp³-hybridized carbons (Fsp3) is 0.0588. The minimum absolute atomic E-state index is 0.232. The van der Waals surface area contributed by atoms with Crippen molar-refractivity contribution >= 4 is 33.3 Å². The summed E-state index contributed by atoms with van der Waals surface area (Å²) in [6.45, 7) is 0.232. The number of nitrogens with zero attached hydrogens (tertiary/aromatic N) is 4. The lowest BCUT2D eigenvalue weighted by Gasteiger charge is -2.29. The van der Waals surface area contributed by atoms with Crippen molar-refractivity contribution < 1.29 is 9.47 Å². The summed E-state index contributed by atoms with van der Waals surface area (Å²) in [7, 11) is 0. The van der Waals surface area contributed by atoms with E-state index >= 15 is 0 Å². The summed E-state index contributed by atoms with van der Waals surface area (Å²) in [6, 6.07) is 13.9. The van der Waals surface area contributed by atoms with Crippen LogP contribution in [0.1, 0.15) is 5.56 Å². The van der Waals surface area contributed by atoms with Crippen LogP contribution in [0.3, 0.4) is 0 Å². The first kappa shape index (κ1) is 14.4. The van der Waals surface area contributed by atoms with Gasteiger partial charge in [-0.15, -0.1) is 10.2 Å². The van der Waals surface area contributed by atoms with E-state index in [4.69, 9.17) is 9.47 Å². The number of hydrogen-bond acceptors (Lipinski definition) is 6. The monoisotopic (exact) mass is 397 g/mol. The molecule has 7 nitrogen and oxygen atoms in total. The summed E-state index contributed by atoms with van der Waals surface area (Å²) >= 11 is 3.62. The van der Waals surface area contributed by atoms with E-state index in [1.54, 1.807) is 6.33 Å². The lowest BCUT2D eigenvalue weighted by Crippen LogP contribution is -2.30. The maximum Gasteiger partial charge on any atom is 0.248 e. The Kier molecular flexibility index (Phi) is 3.17. The number of rotatable bonds is 2. The number of anilines is 2. The van der Waals surface area contributed by atoms with Crippen LogP contribution in [0.2, 0.25) is 0 Å². The van der Waals surface area contributed by atoms with Crippen molar-refractivity contribution in [3.05, 3.63) is 65.0 Å². The second kappa shape index (κ2) is 5.52. The largest absolute Gasteiger partial charge is 0.454 e. The van der Waals surface area contributed by atoms with Crippen LogP contribution in [0, 0.1) is 0 Å². The van der Waals surface area contributed by atoms with Gasteiger partial charge in [0, 0.05) is 16.6 Å². The van der Waals surface area contributed by atoms with E-state index in [2.05, 4.69) is 31.4 Å². The number of benzene rings is 2. The van der Waals surface area contributed by atoms with Crippen molar-refractivity contribution in [1.82, 2.24) is 14.9 Å². The molecule has 8 heteroatoms. The van der Waals surface area contributed by atoms with Gasteiger partial charge in [-0.25, -0.2) is 9.69 Å². The number of halogens is 1. The predicted octanol–water partition coefficient (Wildman–Crippen LogP) is 3.46. The van der Waals surface area contributed by atoms with Gasteiger partial charge in [0.15, 0.2) is 11.5 Å². The van der Waals surface area contributed by atoms with Crippen molar-refractivity contribution in [1.29, 1.82) is 0 Å². The molecule has 2 aromatic carbocycles. The summed E-state index contributed by atoms with van der Waals surface area (Å²) in [4.78, 5) is 0. The molecule has 0 unspecified atom stereocenters. The van der Waals surface area contributed by atoms with Crippen molar-refractivity contribution in [2.75, 3.05) is 17.1 Å². The summed E-state index contributed by atoms with van der Waals surface area (Å²) in [5.41, 5.74) is 2.87. The van der Waals surface area contributed by atoms with Crippen molar-refractivity contribution in [3.63, 3.8) is 0 Å². The topological polar surface area (TPSA) is 64.4 Å². The Hall–Kier alpha value is -3.00. The molecule has 0 bridgehead atoms. The standard InChI is InChI=1S/C17H12BrN5O2/c18-12-6-15-16(25-10-24-15)7-14(12)22-8-13(11-4-2-1-3-5-11)20-17-21-19-9-23(17)22/h1-9H,10H2,(H,20,21). The van der Waals surface area contributed by atoms with Crippen LogP contribution in [-0.4, -0.2) is 21.7 Å². The summed E-state index contributed by atoms with van der Waals surface area (Å²) in [5.74, 6) is 2.06. The molecular weight excluding hydrogens is 386 g/mol. The van der Waals surface area contributed by atoms with E-state index in [-0.39, 0.29) is 6.79 Å². The van der Waals surface area contributed by atoms with Gasteiger partial charge in [0.25, 0.3) is 0 Å². The molecule has 25 heavy (non-hydrogen) atoms. The summed E-state index contributed by atoms with van der Waals surface area (Å²) < 4.78 is 13.7. The van der Waals surface area contributed by atoms with Gasteiger partial charge in [-0.2, -0.15) is 0 Å². The maximum absolute atomic E-state index is 5.52. The lowest BCUT2D eigenvalue weighted by molar-refractivity contribution is 0.174. The molecule has 3 aromatic rings. The fourth-order valence-corrected chi connectivity index (χ4v) is 3.34. The SMILES string of the molecule is Brc1cc2c(cc1N1C=C(c3ccccc3)Nc3nncn31)OCO2. The minimum Gasteiger partial charge on any atom is -0.454 e. The molecule has 0 amide bonds. The van der Waals surface area contributed by atoms with Gasteiger partial charge in [-0.05, 0) is 21.5 Å². The third kappa shape index (κ3) is 2.33.